The van der Waals surface area contributed by atoms with Crippen molar-refractivity contribution in [2.75, 3.05) is 11.5 Å². The highest BCUT2D eigenvalue weighted by Crippen LogP contribution is 2.33. The first kappa shape index (κ1) is 17.5. The number of thiophene rings is 1. The van der Waals surface area contributed by atoms with E-state index in [1.54, 1.807) is 11.3 Å². The summed E-state index contributed by atoms with van der Waals surface area (Å²) in [4.78, 5) is 33.8. The number of nitrogens with two attached hydrogens (primary N) is 1. The average Bonchev–Trinajstić information content (AvgIpc) is 2.71. The summed E-state index contributed by atoms with van der Waals surface area (Å²) in [7, 11) is 0. The molecule has 0 saturated carbocycles. The minimum Gasteiger partial charge on any atom is -0.383 e. The maximum Gasteiger partial charge on any atom is 0.321 e. The van der Waals surface area contributed by atoms with E-state index >= 15 is 0 Å². The first-order valence-electron chi connectivity index (χ1n) is 7.04. The van der Waals surface area contributed by atoms with E-state index in [9.17, 15) is 9.59 Å². The molecule has 0 aliphatic rings. The van der Waals surface area contributed by atoms with Gasteiger partial charge in [-0.2, -0.15) is 0 Å². The van der Waals surface area contributed by atoms with E-state index in [-0.39, 0.29) is 11.8 Å². The van der Waals surface area contributed by atoms with Crippen LogP contribution >= 0.6 is 23.1 Å². The maximum absolute atomic E-state index is 11.7. The molecule has 0 aliphatic heterocycles. The van der Waals surface area contributed by atoms with Crippen LogP contribution in [0.15, 0.2) is 5.16 Å². The molecule has 9 heteroatoms. The van der Waals surface area contributed by atoms with Crippen LogP contribution in [0, 0.1) is 13.8 Å². The summed E-state index contributed by atoms with van der Waals surface area (Å²) < 4.78 is 0. The van der Waals surface area contributed by atoms with Gasteiger partial charge in [0.25, 0.3) is 0 Å². The fraction of sp³-hybridized carbons (Fsp3) is 0.429. The van der Waals surface area contributed by atoms with Crippen LogP contribution in [0.25, 0.3) is 10.2 Å². The Hall–Kier alpha value is -1.87. The van der Waals surface area contributed by atoms with Crippen LogP contribution in [0.5, 0.6) is 0 Å². The van der Waals surface area contributed by atoms with Gasteiger partial charge in [0.2, 0.25) is 5.91 Å². The zero-order valence-corrected chi connectivity index (χ0v) is 15.0. The van der Waals surface area contributed by atoms with E-state index in [2.05, 4.69) is 20.6 Å². The Morgan fingerprint density at radius 3 is 2.65 bits per heavy atom. The Morgan fingerprint density at radius 1 is 1.30 bits per heavy atom. The molecule has 0 aliphatic carbocycles. The third-order valence-electron chi connectivity index (χ3n) is 3.04. The number of nitrogens with zero attached hydrogens (tertiary/aromatic N) is 2. The second kappa shape index (κ2) is 7.14. The number of aryl methyl sites for hydroxylation is 2. The monoisotopic (exact) mass is 353 g/mol. The molecule has 3 amide bonds. The SMILES string of the molecule is Cc1sc2nc(SCC(=O)NC(=O)NC(C)C)nc(N)c2c1C. The number of rotatable bonds is 4. The molecule has 0 fully saturated rings. The molecule has 4 N–H and O–H groups in total. The molecule has 0 saturated heterocycles. The van der Waals surface area contributed by atoms with E-state index in [0.717, 1.165) is 32.4 Å². The normalized spacial score (nSPS) is 11.0. The number of carbonyl (C=O) groups excluding carboxylic acids is 2. The number of imide groups is 1. The van der Waals surface area contributed by atoms with E-state index < -0.39 is 11.9 Å². The fourth-order valence-corrected chi connectivity index (χ4v) is 3.66. The molecule has 0 aromatic carbocycles. The largest absolute Gasteiger partial charge is 0.383 e. The highest BCUT2D eigenvalue weighted by atomic mass is 32.2. The molecule has 2 aromatic rings. The molecule has 7 nitrogen and oxygen atoms in total. The van der Waals surface area contributed by atoms with Crippen LogP contribution in [-0.2, 0) is 4.79 Å². The van der Waals surface area contributed by atoms with Gasteiger partial charge in [0.05, 0.1) is 11.1 Å². The lowest BCUT2D eigenvalue weighted by Crippen LogP contribution is -2.43. The average molecular weight is 353 g/mol. The van der Waals surface area contributed by atoms with E-state index in [1.807, 2.05) is 27.7 Å². The molecular formula is C14H19N5O2S2. The summed E-state index contributed by atoms with van der Waals surface area (Å²) in [5, 5.41) is 6.14. The zero-order chi connectivity index (χ0) is 17.1. The zero-order valence-electron chi connectivity index (χ0n) is 13.4. The number of aromatic nitrogens is 2. The van der Waals surface area contributed by atoms with Gasteiger partial charge in [-0.1, -0.05) is 11.8 Å². The van der Waals surface area contributed by atoms with Crippen LogP contribution < -0.4 is 16.4 Å². The molecule has 2 rings (SSSR count). The number of hydrogen-bond donors (Lipinski definition) is 3. The minimum absolute atomic E-state index is 0.0358. The first-order chi connectivity index (χ1) is 10.8. The van der Waals surface area contributed by atoms with Gasteiger partial charge < -0.3 is 11.1 Å². The second-order valence-corrected chi connectivity index (χ2v) is 7.47. The fourth-order valence-electron chi connectivity index (χ4n) is 1.92. The first-order valence-corrected chi connectivity index (χ1v) is 8.84. The molecule has 0 atom stereocenters. The van der Waals surface area contributed by atoms with E-state index in [1.165, 1.54) is 0 Å². The van der Waals surface area contributed by atoms with Crippen LogP contribution in [0.3, 0.4) is 0 Å². The summed E-state index contributed by atoms with van der Waals surface area (Å²) >= 11 is 2.70. The van der Waals surface area contributed by atoms with Gasteiger partial charge >= 0.3 is 6.03 Å². The number of nitrogen functional groups attached to an aromatic ring is 1. The topological polar surface area (TPSA) is 110 Å². The Balaban J connectivity index is 2.02. The number of nitrogens with one attached hydrogen (secondary N) is 2. The van der Waals surface area contributed by atoms with Gasteiger partial charge in [0, 0.05) is 10.9 Å². The molecule has 124 valence electrons. The Labute approximate surface area is 142 Å². The quantitative estimate of drug-likeness (QED) is 0.574. The van der Waals surface area contributed by atoms with Crippen LogP contribution in [0.2, 0.25) is 0 Å². The predicted octanol–water partition coefficient (Wildman–Crippen LogP) is 2.22. The van der Waals surface area contributed by atoms with Crippen molar-refractivity contribution in [2.45, 2.75) is 38.9 Å². The molecule has 0 bridgehead atoms. The smallest absolute Gasteiger partial charge is 0.321 e. The Morgan fingerprint density at radius 2 is 2.00 bits per heavy atom. The van der Waals surface area contributed by atoms with Gasteiger partial charge in [0.15, 0.2) is 5.16 Å². The van der Waals surface area contributed by atoms with Crippen molar-refractivity contribution in [1.82, 2.24) is 20.6 Å². The Bertz CT molecular complexity index is 757. The summed E-state index contributed by atoms with van der Waals surface area (Å²) in [6, 6.07) is -0.544. The standard InChI is InChI=1S/C14H19N5O2S2/c1-6(2)16-13(21)17-9(20)5-22-14-18-11(15)10-7(3)8(4)23-12(10)19-14/h6H,5H2,1-4H3,(H2,15,18,19)(H2,16,17,20,21). The molecule has 2 heterocycles. The summed E-state index contributed by atoms with van der Waals surface area (Å²) in [6.07, 6.45) is 0. The van der Waals surface area contributed by atoms with Gasteiger partial charge in [0.1, 0.15) is 10.6 Å². The van der Waals surface area contributed by atoms with Crippen molar-refractivity contribution < 1.29 is 9.59 Å². The van der Waals surface area contributed by atoms with Crippen molar-refractivity contribution >= 4 is 51.1 Å². The van der Waals surface area contributed by atoms with E-state index in [0.29, 0.717) is 11.0 Å². The molecule has 2 aromatic heterocycles. The van der Waals surface area contributed by atoms with Crippen molar-refractivity contribution in [3.8, 4) is 0 Å². The van der Waals surface area contributed by atoms with Crippen molar-refractivity contribution in [2.24, 2.45) is 0 Å². The lowest BCUT2D eigenvalue weighted by molar-refractivity contribution is -0.117. The van der Waals surface area contributed by atoms with Crippen LogP contribution in [0.4, 0.5) is 10.6 Å². The number of anilines is 1. The molecule has 0 unspecified atom stereocenters. The number of thioether (sulfide) groups is 1. The second-order valence-electron chi connectivity index (χ2n) is 5.32. The van der Waals surface area contributed by atoms with Gasteiger partial charge in [-0.3, -0.25) is 10.1 Å². The van der Waals surface area contributed by atoms with Gasteiger partial charge in [-0.05, 0) is 33.3 Å². The summed E-state index contributed by atoms with van der Waals surface area (Å²) in [5.41, 5.74) is 7.08. The summed E-state index contributed by atoms with van der Waals surface area (Å²) in [5.74, 6) is 0.0473. The molecule has 23 heavy (non-hydrogen) atoms. The number of hydrogen-bond acceptors (Lipinski definition) is 7. The Kier molecular flexibility index (Phi) is 5.42. The van der Waals surface area contributed by atoms with Gasteiger partial charge in [-0.15, -0.1) is 11.3 Å². The summed E-state index contributed by atoms with van der Waals surface area (Å²) in [6.45, 7) is 7.63. The number of carbonyl (C=O) groups is 2. The third kappa shape index (κ3) is 4.32. The van der Waals surface area contributed by atoms with Crippen molar-refractivity contribution in [3.63, 3.8) is 0 Å². The minimum atomic E-state index is -0.508. The highest BCUT2D eigenvalue weighted by molar-refractivity contribution is 7.99. The van der Waals surface area contributed by atoms with Crippen LogP contribution in [0.1, 0.15) is 24.3 Å². The van der Waals surface area contributed by atoms with Gasteiger partial charge in [-0.25, -0.2) is 14.8 Å². The predicted molar refractivity (Wildman–Crippen MR) is 93.8 cm³/mol. The number of amides is 3. The number of fused-ring (bicyclic) bond motifs is 1. The molecule has 0 radical (unpaired) electrons. The molecular weight excluding hydrogens is 334 g/mol. The van der Waals surface area contributed by atoms with Crippen LogP contribution in [-0.4, -0.2) is 33.7 Å². The van der Waals surface area contributed by atoms with Crippen molar-refractivity contribution in [1.29, 1.82) is 0 Å². The van der Waals surface area contributed by atoms with Crippen molar-refractivity contribution in [3.05, 3.63) is 10.4 Å². The lowest BCUT2D eigenvalue weighted by atomic mass is 10.2. The molecule has 0 spiro atoms. The maximum atomic E-state index is 11.7. The third-order valence-corrected chi connectivity index (χ3v) is 4.99. The lowest BCUT2D eigenvalue weighted by Gasteiger charge is -2.08. The van der Waals surface area contributed by atoms with E-state index in [4.69, 9.17) is 5.73 Å². The number of urea groups is 1. The highest BCUT2D eigenvalue weighted by Gasteiger charge is 2.14.